The summed E-state index contributed by atoms with van der Waals surface area (Å²) in [5, 5.41) is 8.93. The van der Waals surface area contributed by atoms with Crippen LogP contribution in [0.25, 0.3) is 0 Å². The number of rotatable bonds is 27. The lowest BCUT2D eigenvalue weighted by atomic mass is 9.92. The summed E-state index contributed by atoms with van der Waals surface area (Å²) in [5.41, 5.74) is 47.6. The largest absolute Gasteiger partial charge is 0.330 e. The summed E-state index contributed by atoms with van der Waals surface area (Å²) in [6.45, 7) is 21.4. The molecule has 21 N–H and O–H groups in total. The first-order chi connectivity index (χ1) is 34.5. The molecule has 0 atom stereocenters. The van der Waals surface area contributed by atoms with Crippen molar-refractivity contribution in [3.63, 3.8) is 0 Å². The fourth-order valence-electron chi connectivity index (χ4n) is 7.38. The molecule has 0 aromatic heterocycles. The SMILES string of the molecule is CN(C)CCCCN.CN(C)CCCN.CN(C)CCN.CN1CCC(CCCCN)CC1.CN1CCC(CCCN)CC1.CN1CCC(CCN)CC1.CNCCCCN.CNCCCN.CNCCN. The van der Waals surface area contributed by atoms with E-state index in [0.29, 0.717) is 0 Å². The van der Waals surface area contributed by atoms with Gasteiger partial charge in [-0.05, 0) is 316 Å². The second-order valence-corrected chi connectivity index (χ2v) is 20.6. The molecular weight excluding hydrogens is 901 g/mol. The fraction of sp³-hybridized carbons (Fsp3) is 1.00. The Kier molecular flexibility index (Phi) is 83.0. The summed E-state index contributed by atoms with van der Waals surface area (Å²) in [4.78, 5) is 13.6. The summed E-state index contributed by atoms with van der Waals surface area (Å²) in [7, 11) is 24.7. The minimum Gasteiger partial charge on any atom is -0.330 e. The molecule has 0 spiro atoms. The Morgan fingerprint density at radius 1 is 0.319 bits per heavy atom. The van der Waals surface area contributed by atoms with Crippen molar-refractivity contribution in [2.45, 2.75) is 116 Å². The summed E-state index contributed by atoms with van der Waals surface area (Å²) < 4.78 is 0. The predicted molar refractivity (Wildman–Crippen MR) is 325 cm³/mol. The Labute approximate surface area is 450 Å². The van der Waals surface area contributed by atoms with Crippen LogP contribution in [-0.2, 0) is 0 Å². The predicted octanol–water partition coefficient (Wildman–Crippen LogP) is 1.56. The maximum atomic E-state index is 5.48. The molecular formula is C54H138N18. The van der Waals surface area contributed by atoms with Crippen LogP contribution in [0.15, 0.2) is 0 Å². The summed E-state index contributed by atoms with van der Waals surface area (Å²) in [6.07, 6.45) is 22.9. The summed E-state index contributed by atoms with van der Waals surface area (Å²) in [5.74, 6) is 2.88. The van der Waals surface area contributed by atoms with Gasteiger partial charge in [-0.25, -0.2) is 0 Å². The molecule has 0 radical (unpaired) electrons. The van der Waals surface area contributed by atoms with Gasteiger partial charge >= 0.3 is 0 Å². The topological polar surface area (TPSA) is 290 Å². The smallest absolute Gasteiger partial charge is 0.00985 e. The van der Waals surface area contributed by atoms with Gasteiger partial charge in [0.2, 0.25) is 0 Å². The van der Waals surface area contributed by atoms with Gasteiger partial charge in [0, 0.05) is 26.2 Å². The van der Waals surface area contributed by atoms with E-state index in [4.69, 9.17) is 51.6 Å². The van der Waals surface area contributed by atoms with E-state index >= 15 is 0 Å². The van der Waals surface area contributed by atoms with Gasteiger partial charge in [-0.15, -0.1) is 0 Å². The number of piperidine rings is 3. The molecule has 18 heteroatoms. The van der Waals surface area contributed by atoms with Crippen molar-refractivity contribution < 1.29 is 0 Å². The van der Waals surface area contributed by atoms with Gasteiger partial charge in [0.1, 0.15) is 0 Å². The molecule has 3 aliphatic heterocycles. The highest BCUT2D eigenvalue weighted by Crippen LogP contribution is 2.22. The van der Waals surface area contributed by atoms with E-state index in [1.54, 1.807) is 0 Å². The molecule has 3 fully saturated rings. The zero-order valence-electron chi connectivity index (χ0n) is 50.7. The van der Waals surface area contributed by atoms with E-state index in [-0.39, 0.29) is 0 Å². The zero-order chi connectivity index (χ0) is 55.9. The van der Waals surface area contributed by atoms with Crippen molar-refractivity contribution in [1.29, 1.82) is 0 Å². The van der Waals surface area contributed by atoms with E-state index in [1.807, 2.05) is 35.2 Å². The molecule has 3 rings (SSSR count). The Balaban J connectivity index is -0.000000173. The highest BCUT2D eigenvalue weighted by molar-refractivity contribution is 4.71. The third-order valence-electron chi connectivity index (χ3n) is 12.3. The van der Waals surface area contributed by atoms with Crippen molar-refractivity contribution >= 4 is 0 Å². The van der Waals surface area contributed by atoms with Gasteiger partial charge in [0.05, 0.1) is 0 Å². The average Bonchev–Trinajstić information content (AvgIpc) is 3.36. The van der Waals surface area contributed by atoms with Gasteiger partial charge in [-0.3, -0.25) is 0 Å². The lowest BCUT2D eigenvalue weighted by Crippen LogP contribution is -2.30. The van der Waals surface area contributed by atoms with Crippen molar-refractivity contribution in [3.05, 3.63) is 0 Å². The molecule has 0 unspecified atom stereocenters. The first kappa shape index (κ1) is 82.6. The number of likely N-dealkylation sites (N-methyl/N-ethyl adjacent to an activating group) is 2. The second kappa shape index (κ2) is 72.4. The van der Waals surface area contributed by atoms with E-state index in [9.17, 15) is 0 Å². The maximum Gasteiger partial charge on any atom is 0.00985 e. The van der Waals surface area contributed by atoms with Crippen LogP contribution in [0.5, 0.6) is 0 Å². The Morgan fingerprint density at radius 3 is 0.903 bits per heavy atom. The maximum absolute atomic E-state index is 5.48. The average molecular weight is 1040 g/mol. The zero-order valence-corrected chi connectivity index (χ0v) is 50.7. The first-order valence-corrected chi connectivity index (χ1v) is 28.8. The van der Waals surface area contributed by atoms with Crippen molar-refractivity contribution in [2.75, 3.05) is 222 Å². The van der Waals surface area contributed by atoms with Gasteiger partial charge in [-0.2, -0.15) is 0 Å². The van der Waals surface area contributed by atoms with Crippen molar-refractivity contribution in [1.82, 2.24) is 45.3 Å². The molecule has 0 bridgehead atoms. The number of hydrogen-bond donors (Lipinski definition) is 12. The van der Waals surface area contributed by atoms with Gasteiger partial charge < -0.3 is 97.0 Å². The fourth-order valence-corrected chi connectivity index (χ4v) is 7.38. The number of unbranched alkanes of at least 4 members (excludes halogenated alkanes) is 3. The third kappa shape index (κ3) is 83.3. The van der Waals surface area contributed by atoms with Crippen LogP contribution in [0, 0.1) is 17.8 Å². The number of likely N-dealkylation sites (tertiary alicyclic amines) is 3. The molecule has 0 aliphatic carbocycles. The summed E-state index contributed by atoms with van der Waals surface area (Å²) >= 11 is 0. The Hall–Kier alpha value is -0.720. The quantitative estimate of drug-likeness (QED) is 0.0520. The van der Waals surface area contributed by atoms with E-state index in [2.05, 4.69) is 94.7 Å². The monoisotopic (exact) mass is 1040 g/mol. The van der Waals surface area contributed by atoms with E-state index in [1.165, 1.54) is 129 Å². The molecule has 3 aliphatic rings. The lowest BCUT2D eigenvalue weighted by molar-refractivity contribution is 0.210. The van der Waals surface area contributed by atoms with E-state index in [0.717, 1.165) is 142 Å². The van der Waals surface area contributed by atoms with Gasteiger partial charge in [-0.1, -0.05) is 12.8 Å². The number of nitrogens with two attached hydrogens (primary N) is 9. The van der Waals surface area contributed by atoms with Crippen LogP contribution in [0.2, 0.25) is 0 Å². The van der Waals surface area contributed by atoms with Crippen molar-refractivity contribution in [3.8, 4) is 0 Å². The summed E-state index contributed by atoms with van der Waals surface area (Å²) in [6, 6.07) is 0. The van der Waals surface area contributed by atoms with Crippen LogP contribution in [-0.4, -0.2) is 251 Å². The highest BCUT2D eigenvalue weighted by Gasteiger charge is 2.17. The van der Waals surface area contributed by atoms with Crippen LogP contribution in [0.3, 0.4) is 0 Å². The van der Waals surface area contributed by atoms with Gasteiger partial charge in [0.25, 0.3) is 0 Å². The Morgan fingerprint density at radius 2 is 0.639 bits per heavy atom. The lowest BCUT2D eigenvalue weighted by Gasteiger charge is -2.28. The van der Waals surface area contributed by atoms with Crippen LogP contribution in [0.1, 0.15) is 116 Å². The molecule has 72 heavy (non-hydrogen) atoms. The standard InChI is InChI=1S/C10H22N2.C9H20N2.C8H18N2.C6H16N2.2C5H14N2.2C4H12N2.C3H10N2/c1-12-8-5-10(6-9-12)4-2-3-7-11;1-11-7-4-9(5-8-11)3-2-6-10;1-10-6-3-8(2-5-9)4-7-10;1-8(2)6-4-3-5-7;1-7(2)5-3-4-6;1-7-5-3-2-4-6;1-6(2)4-3-5;1-6-4-2-3-5;1-5-3-2-4/h10H,2-9,11H2,1H3;9H,2-8,10H2,1H3;8H,2-7,9H2,1H3;3-7H2,1-2H3;3-6H2,1-2H3;7H,2-6H2,1H3;3-5H2,1-2H3;6H,2-5H2,1H3;5H,2-4H2,1H3. The minimum absolute atomic E-state index is 0.733. The minimum atomic E-state index is 0.733. The number of nitrogens with zero attached hydrogens (tertiary/aromatic N) is 6. The van der Waals surface area contributed by atoms with Crippen LogP contribution < -0.4 is 67.6 Å². The van der Waals surface area contributed by atoms with Crippen LogP contribution >= 0.6 is 0 Å². The molecule has 0 aromatic rings. The highest BCUT2D eigenvalue weighted by atomic mass is 15.1. The first-order valence-electron chi connectivity index (χ1n) is 28.8. The molecule has 3 saturated heterocycles. The molecule has 18 nitrogen and oxygen atoms in total. The number of hydrogen-bond acceptors (Lipinski definition) is 18. The molecule has 0 saturated carbocycles. The van der Waals surface area contributed by atoms with Gasteiger partial charge in [0.15, 0.2) is 0 Å². The van der Waals surface area contributed by atoms with E-state index < -0.39 is 0 Å². The second-order valence-electron chi connectivity index (χ2n) is 20.6. The van der Waals surface area contributed by atoms with Crippen molar-refractivity contribution in [2.24, 2.45) is 69.4 Å². The molecule has 0 aromatic carbocycles. The molecule has 0 amide bonds. The third-order valence-corrected chi connectivity index (χ3v) is 12.3. The normalized spacial score (nSPS) is 15.5. The molecule has 444 valence electrons. The van der Waals surface area contributed by atoms with Crippen LogP contribution in [0.4, 0.5) is 0 Å². The molecule has 3 heterocycles. The Bertz CT molecular complexity index is 859. The number of nitrogens with one attached hydrogen (secondary N) is 3.